The molecule has 2 aromatic rings. The maximum atomic E-state index is 5.97. The SMILES string of the molecule is CN(Cc1cscn1)c1ccc(Br)cc1CCl. The predicted molar refractivity (Wildman–Crippen MR) is 77.9 cm³/mol. The maximum Gasteiger partial charge on any atom is 0.0795 e. The standard InChI is InChI=1S/C12H12BrClN2S/c1-16(6-11-7-17-8-15-11)12-3-2-10(13)4-9(12)5-14/h2-4,7-8H,5-6H2,1H3. The van der Waals surface area contributed by atoms with E-state index in [9.17, 15) is 0 Å². The van der Waals surface area contributed by atoms with E-state index in [1.165, 1.54) is 0 Å². The van der Waals surface area contributed by atoms with Crippen molar-refractivity contribution < 1.29 is 0 Å². The van der Waals surface area contributed by atoms with Crippen LogP contribution < -0.4 is 4.90 Å². The minimum Gasteiger partial charge on any atom is -0.368 e. The van der Waals surface area contributed by atoms with Crippen molar-refractivity contribution in [3.63, 3.8) is 0 Å². The van der Waals surface area contributed by atoms with Gasteiger partial charge in [0.1, 0.15) is 0 Å². The van der Waals surface area contributed by atoms with Crippen molar-refractivity contribution in [1.82, 2.24) is 4.98 Å². The molecule has 0 aliphatic rings. The molecule has 0 unspecified atom stereocenters. The molecule has 0 atom stereocenters. The van der Waals surface area contributed by atoms with Gasteiger partial charge < -0.3 is 4.90 Å². The topological polar surface area (TPSA) is 16.1 Å². The third-order valence-corrected chi connectivity index (χ3v) is 3.90. The Morgan fingerprint density at radius 1 is 1.47 bits per heavy atom. The van der Waals surface area contributed by atoms with Gasteiger partial charge in [0.15, 0.2) is 0 Å². The van der Waals surface area contributed by atoms with Crippen LogP contribution in [0.15, 0.2) is 33.6 Å². The van der Waals surface area contributed by atoms with E-state index in [0.29, 0.717) is 5.88 Å². The van der Waals surface area contributed by atoms with Crippen molar-refractivity contribution in [1.29, 1.82) is 0 Å². The number of thiazole rings is 1. The van der Waals surface area contributed by atoms with Gasteiger partial charge in [0.05, 0.1) is 17.7 Å². The predicted octanol–water partition coefficient (Wildman–Crippen LogP) is 4.28. The second-order valence-electron chi connectivity index (χ2n) is 3.74. The molecule has 5 heteroatoms. The van der Waals surface area contributed by atoms with Crippen LogP contribution in [0.5, 0.6) is 0 Å². The molecule has 0 spiro atoms. The van der Waals surface area contributed by atoms with Crippen molar-refractivity contribution in [2.45, 2.75) is 12.4 Å². The minimum atomic E-state index is 0.510. The average molecular weight is 332 g/mol. The lowest BCUT2D eigenvalue weighted by molar-refractivity contribution is 0.889. The van der Waals surface area contributed by atoms with E-state index >= 15 is 0 Å². The third-order valence-electron chi connectivity index (χ3n) is 2.48. The first-order valence-electron chi connectivity index (χ1n) is 5.13. The molecule has 0 saturated heterocycles. The van der Waals surface area contributed by atoms with Crippen LogP contribution in [-0.4, -0.2) is 12.0 Å². The molecule has 0 radical (unpaired) electrons. The van der Waals surface area contributed by atoms with Crippen LogP contribution in [0.4, 0.5) is 5.69 Å². The highest BCUT2D eigenvalue weighted by molar-refractivity contribution is 9.10. The molecule has 0 aliphatic carbocycles. The summed E-state index contributed by atoms with van der Waals surface area (Å²) < 4.78 is 1.05. The number of halogens is 2. The monoisotopic (exact) mass is 330 g/mol. The fourth-order valence-corrected chi connectivity index (χ4v) is 2.85. The summed E-state index contributed by atoms with van der Waals surface area (Å²) in [5.74, 6) is 0.510. The highest BCUT2D eigenvalue weighted by Gasteiger charge is 2.08. The van der Waals surface area contributed by atoms with Crippen molar-refractivity contribution in [2.24, 2.45) is 0 Å². The Bertz CT molecular complexity index is 487. The average Bonchev–Trinajstić information content (AvgIpc) is 2.81. The normalized spacial score (nSPS) is 10.5. The number of hydrogen-bond donors (Lipinski definition) is 0. The Hall–Kier alpha value is -0.580. The number of anilines is 1. The zero-order chi connectivity index (χ0) is 12.3. The molecule has 90 valence electrons. The first kappa shape index (κ1) is 12.9. The molecule has 0 aliphatic heterocycles. The van der Waals surface area contributed by atoms with Gasteiger partial charge in [-0.05, 0) is 23.8 Å². The quantitative estimate of drug-likeness (QED) is 0.777. The summed E-state index contributed by atoms with van der Waals surface area (Å²) in [5, 5.41) is 2.07. The van der Waals surface area contributed by atoms with Gasteiger partial charge >= 0.3 is 0 Å². The summed E-state index contributed by atoms with van der Waals surface area (Å²) in [6, 6.07) is 6.16. The van der Waals surface area contributed by atoms with Crippen molar-refractivity contribution >= 4 is 44.6 Å². The molecule has 0 saturated carbocycles. The summed E-state index contributed by atoms with van der Waals surface area (Å²) in [4.78, 5) is 6.46. The van der Waals surface area contributed by atoms with E-state index in [-0.39, 0.29) is 0 Å². The van der Waals surface area contributed by atoms with Crippen LogP contribution in [0.3, 0.4) is 0 Å². The van der Waals surface area contributed by atoms with Crippen LogP contribution in [0.2, 0.25) is 0 Å². The number of alkyl halides is 1. The van der Waals surface area contributed by atoms with E-state index in [1.54, 1.807) is 11.3 Å². The molecule has 1 aromatic carbocycles. The molecule has 2 nitrogen and oxygen atoms in total. The second kappa shape index (κ2) is 5.85. The van der Waals surface area contributed by atoms with Crippen molar-refractivity contribution in [2.75, 3.05) is 11.9 Å². The van der Waals surface area contributed by atoms with E-state index in [4.69, 9.17) is 11.6 Å². The number of hydrogen-bond acceptors (Lipinski definition) is 3. The van der Waals surface area contributed by atoms with Gasteiger partial charge in [0, 0.05) is 28.5 Å². The number of aromatic nitrogens is 1. The van der Waals surface area contributed by atoms with Gasteiger partial charge in [-0.3, -0.25) is 0 Å². The molecule has 1 heterocycles. The Morgan fingerprint density at radius 2 is 2.29 bits per heavy atom. The molecule has 2 rings (SSSR count). The number of rotatable bonds is 4. The summed E-state index contributed by atoms with van der Waals surface area (Å²) in [6.07, 6.45) is 0. The van der Waals surface area contributed by atoms with Crippen LogP contribution in [0, 0.1) is 0 Å². The van der Waals surface area contributed by atoms with E-state index < -0.39 is 0 Å². The van der Waals surface area contributed by atoms with Gasteiger partial charge in [0.2, 0.25) is 0 Å². The smallest absolute Gasteiger partial charge is 0.0795 e. The first-order valence-corrected chi connectivity index (χ1v) is 7.40. The zero-order valence-corrected chi connectivity index (χ0v) is 12.5. The highest BCUT2D eigenvalue weighted by atomic mass is 79.9. The fraction of sp³-hybridized carbons (Fsp3) is 0.250. The van der Waals surface area contributed by atoms with Gasteiger partial charge in [-0.2, -0.15) is 0 Å². The van der Waals surface area contributed by atoms with E-state index in [2.05, 4.69) is 50.4 Å². The van der Waals surface area contributed by atoms with Gasteiger partial charge in [-0.15, -0.1) is 22.9 Å². The number of nitrogens with zero attached hydrogens (tertiary/aromatic N) is 2. The summed E-state index contributed by atoms with van der Waals surface area (Å²) in [7, 11) is 2.05. The van der Waals surface area contributed by atoms with Crippen LogP contribution in [0.25, 0.3) is 0 Å². The lowest BCUT2D eigenvalue weighted by Crippen LogP contribution is -2.17. The molecule has 0 bridgehead atoms. The molecule has 1 aromatic heterocycles. The van der Waals surface area contributed by atoms with Crippen molar-refractivity contribution in [3.8, 4) is 0 Å². The molecular weight excluding hydrogens is 320 g/mol. The summed E-state index contributed by atoms with van der Waals surface area (Å²) >= 11 is 11.0. The fourth-order valence-electron chi connectivity index (χ4n) is 1.68. The largest absolute Gasteiger partial charge is 0.368 e. The summed E-state index contributed by atoms with van der Waals surface area (Å²) in [6.45, 7) is 0.801. The summed E-state index contributed by atoms with van der Waals surface area (Å²) in [5.41, 5.74) is 5.21. The first-order chi connectivity index (χ1) is 8.20. The Morgan fingerprint density at radius 3 is 2.94 bits per heavy atom. The minimum absolute atomic E-state index is 0.510. The van der Waals surface area contributed by atoms with Crippen LogP contribution in [-0.2, 0) is 12.4 Å². The molecule has 17 heavy (non-hydrogen) atoms. The molecular formula is C12H12BrClN2S. The third kappa shape index (κ3) is 3.21. The van der Waals surface area contributed by atoms with Crippen molar-refractivity contribution in [3.05, 3.63) is 44.8 Å². The van der Waals surface area contributed by atoms with Crippen LogP contribution >= 0.6 is 38.9 Å². The van der Waals surface area contributed by atoms with E-state index in [1.807, 2.05) is 11.6 Å². The lowest BCUT2D eigenvalue weighted by Gasteiger charge is -2.21. The van der Waals surface area contributed by atoms with Gasteiger partial charge in [0.25, 0.3) is 0 Å². The second-order valence-corrected chi connectivity index (χ2v) is 5.64. The van der Waals surface area contributed by atoms with Gasteiger partial charge in [-0.25, -0.2) is 4.98 Å². The molecule has 0 fully saturated rings. The van der Waals surface area contributed by atoms with E-state index in [0.717, 1.165) is 28.0 Å². The highest BCUT2D eigenvalue weighted by Crippen LogP contribution is 2.26. The van der Waals surface area contributed by atoms with Gasteiger partial charge in [-0.1, -0.05) is 15.9 Å². The Kier molecular flexibility index (Phi) is 4.42. The zero-order valence-electron chi connectivity index (χ0n) is 9.36. The Balaban J connectivity index is 2.21. The van der Waals surface area contributed by atoms with Crippen LogP contribution in [0.1, 0.15) is 11.3 Å². The molecule has 0 N–H and O–H groups in total. The lowest BCUT2D eigenvalue weighted by atomic mass is 10.2. The molecule has 0 amide bonds. The number of benzene rings is 1. The Labute approximate surface area is 118 Å². The maximum absolute atomic E-state index is 5.97.